The first-order chi connectivity index (χ1) is 13.5. The molecule has 3 nitrogen and oxygen atoms in total. The Morgan fingerprint density at radius 2 is 1.93 bits per heavy atom. The number of carbonyl (C=O) groups is 1. The van der Waals surface area contributed by atoms with Crippen LogP contribution in [0.25, 0.3) is 16.8 Å². The second-order valence-electron chi connectivity index (χ2n) is 6.35. The quantitative estimate of drug-likeness (QED) is 0.345. The molecule has 0 N–H and O–H groups in total. The van der Waals surface area contributed by atoms with Gasteiger partial charge < -0.3 is 4.74 Å². The van der Waals surface area contributed by atoms with E-state index in [-0.39, 0.29) is 5.91 Å². The van der Waals surface area contributed by atoms with Crippen LogP contribution in [0, 0.1) is 0 Å². The van der Waals surface area contributed by atoms with Crippen LogP contribution in [0.2, 0.25) is 0 Å². The Hall–Kier alpha value is -2.15. The SMILES string of the molecule is CN1C(=O)/C(=C\c2cc(Br)ccc2OCc2cccc3ccccc23)SC1=S. The number of halogens is 1. The zero-order valence-corrected chi connectivity index (χ0v) is 18.2. The molecule has 1 fully saturated rings. The van der Waals surface area contributed by atoms with E-state index in [9.17, 15) is 4.79 Å². The summed E-state index contributed by atoms with van der Waals surface area (Å²) in [6, 6.07) is 20.2. The first kappa shape index (κ1) is 19.2. The Morgan fingerprint density at radius 3 is 2.71 bits per heavy atom. The fourth-order valence-corrected chi connectivity index (χ4v) is 4.57. The molecule has 3 aromatic rings. The molecule has 0 aromatic heterocycles. The lowest BCUT2D eigenvalue weighted by molar-refractivity contribution is -0.121. The predicted octanol–water partition coefficient (Wildman–Crippen LogP) is 6.01. The number of thioether (sulfide) groups is 1. The highest BCUT2D eigenvalue weighted by Crippen LogP contribution is 2.34. The van der Waals surface area contributed by atoms with E-state index in [0.29, 0.717) is 15.8 Å². The first-order valence-electron chi connectivity index (χ1n) is 8.63. The number of hydrogen-bond donors (Lipinski definition) is 0. The van der Waals surface area contributed by atoms with E-state index < -0.39 is 0 Å². The summed E-state index contributed by atoms with van der Waals surface area (Å²) < 4.78 is 7.63. The number of likely N-dealkylation sites (N-methyl/N-ethyl adjacent to an activating group) is 1. The normalized spacial score (nSPS) is 15.6. The Labute approximate surface area is 181 Å². The number of thiocarbonyl (C=S) groups is 1. The molecule has 0 bridgehead atoms. The van der Waals surface area contributed by atoms with Gasteiger partial charge in [0.1, 0.15) is 16.7 Å². The molecule has 4 rings (SSSR count). The molecule has 1 amide bonds. The summed E-state index contributed by atoms with van der Waals surface area (Å²) in [5.41, 5.74) is 1.95. The largest absolute Gasteiger partial charge is 0.488 e. The van der Waals surface area contributed by atoms with Crippen molar-refractivity contribution in [2.24, 2.45) is 0 Å². The zero-order valence-electron chi connectivity index (χ0n) is 15.0. The van der Waals surface area contributed by atoms with Gasteiger partial charge in [-0.1, -0.05) is 82.4 Å². The molecule has 1 heterocycles. The molecule has 1 aliphatic rings. The number of ether oxygens (including phenoxy) is 1. The zero-order chi connectivity index (χ0) is 19.7. The van der Waals surface area contributed by atoms with Crippen LogP contribution in [0.4, 0.5) is 0 Å². The molecule has 28 heavy (non-hydrogen) atoms. The molecular weight excluding hydrogens is 454 g/mol. The number of amides is 1. The van der Waals surface area contributed by atoms with Crippen LogP contribution in [0.3, 0.4) is 0 Å². The number of nitrogens with zero attached hydrogens (tertiary/aromatic N) is 1. The van der Waals surface area contributed by atoms with Crippen molar-refractivity contribution in [2.75, 3.05) is 7.05 Å². The monoisotopic (exact) mass is 469 g/mol. The molecule has 1 aliphatic heterocycles. The Balaban J connectivity index is 1.64. The number of hydrogen-bond acceptors (Lipinski definition) is 4. The topological polar surface area (TPSA) is 29.5 Å². The van der Waals surface area contributed by atoms with Crippen molar-refractivity contribution in [2.45, 2.75) is 6.61 Å². The van der Waals surface area contributed by atoms with Gasteiger partial charge in [-0.05, 0) is 40.6 Å². The smallest absolute Gasteiger partial charge is 0.265 e. The molecular formula is C22H16BrNO2S2. The highest BCUT2D eigenvalue weighted by molar-refractivity contribution is 9.10. The van der Waals surface area contributed by atoms with Crippen molar-refractivity contribution in [3.8, 4) is 5.75 Å². The molecule has 0 aliphatic carbocycles. The van der Waals surface area contributed by atoms with E-state index in [2.05, 4.69) is 40.2 Å². The van der Waals surface area contributed by atoms with Crippen molar-refractivity contribution in [1.82, 2.24) is 4.90 Å². The first-order valence-corrected chi connectivity index (χ1v) is 10.7. The fourth-order valence-electron chi connectivity index (χ4n) is 3.02. The maximum absolute atomic E-state index is 12.3. The Kier molecular flexibility index (Phi) is 5.53. The van der Waals surface area contributed by atoms with E-state index in [1.165, 1.54) is 27.4 Å². The standard InChI is InChI=1S/C22H16BrNO2S2/c1-24-21(25)20(28-22(24)27)12-16-11-17(23)9-10-19(16)26-13-15-7-4-6-14-5-2-3-8-18(14)15/h2-12H,13H2,1H3/b20-12+. The maximum Gasteiger partial charge on any atom is 0.265 e. The second kappa shape index (κ2) is 8.07. The Morgan fingerprint density at radius 1 is 1.14 bits per heavy atom. The van der Waals surface area contributed by atoms with Crippen molar-refractivity contribution in [1.29, 1.82) is 0 Å². The number of benzene rings is 3. The predicted molar refractivity (Wildman–Crippen MR) is 123 cm³/mol. The summed E-state index contributed by atoms with van der Waals surface area (Å²) in [5, 5.41) is 2.36. The third-order valence-corrected chi connectivity index (χ3v) is 6.49. The van der Waals surface area contributed by atoms with Gasteiger partial charge in [-0.3, -0.25) is 9.69 Å². The van der Waals surface area contributed by atoms with Gasteiger partial charge in [0.15, 0.2) is 0 Å². The highest BCUT2D eigenvalue weighted by atomic mass is 79.9. The number of fused-ring (bicyclic) bond motifs is 1. The number of rotatable bonds is 4. The molecule has 3 aromatic carbocycles. The van der Waals surface area contributed by atoms with Crippen LogP contribution in [-0.2, 0) is 11.4 Å². The highest BCUT2D eigenvalue weighted by Gasteiger charge is 2.29. The van der Waals surface area contributed by atoms with Crippen molar-refractivity contribution in [3.05, 3.63) is 81.2 Å². The third-order valence-electron chi connectivity index (χ3n) is 4.51. The molecule has 6 heteroatoms. The van der Waals surface area contributed by atoms with Gasteiger partial charge in [-0.25, -0.2) is 0 Å². The van der Waals surface area contributed by atoms with E-state index in [4.69, 9.17) is 17.0 Å². The fraction of sp³-hybridized carbons (Fsp3) is 0.0909. The average molecular weight is 470 g/mol. The molecule has 0 atom stereocenters. The summed E-state index contributed by atoms with van der Waals surface area (Å²) in [5.74, 6) is 0.632. The van der Waals surface area contributed by atoms with Gasteiger partial charge in [0, 0.05) is 17.1 Å². The molecule has 0 spiro atoms. The van der Waals surface area contributed by atoms with Crippen LogP contribution in [-0.4, -0.2) is 22.2 Å². The summed E-state index contributed by atoms with van der Waals surface area (Å²) in [4.78, 5) is 14.4. The van der Waals surface area contributed by atoms with Crippen molar-refractivity contribution in [3.63, 3.8) is 0 Å². The van der Waals surface area contributed by atoms with Crippen LogP contribution in [0.15, 0.2) is 70.0 Å². The van der Waals surface area contributed by atoms with Crippen LogP contribution < -0.4 is 4.74 Å². The van der Waals surface area contributed by atoms with Gasteiger partial charge in [-0.2, -0.15) is 0 Å². The second-order valence-corrected chi connectivity index (χ2v) is 8.94. The lowest BCUT2D eigenvalue weighted by Gasteiger charge is -2.12. The van der Waals surface area contributed by atoms with Crippen LogP contribution in [0.1, 0.15) is 11.1 Å². The van der Waals surface area contributed by atoms with E-state index in [1.807, 2.05) is 42.5 Å². The Bertz CT molecular complexity index is 1120. The summed E-state index contributed by atoms with van der Waals surface area (Å²) in [6.07, 6.45) is 1.84. The van der Waals surface area contributed by atoms with Crippen LogP contribution in [0.5, 0.6) is 5.75 Å². The van der Waals surface area contributed by atoms with E-state index in [1.54, 1.807) is 7.05 Å². The van der Waals surface area contributed by atoms with Gasteiger partial charge in [0.25, 0.3) is 5.91 Å². The van der Waals surface area contributed by atoms with Gasteiger partial charge >= 0.3 is 0 Å². The summed E-state index contributed by atoms with van der Waals surface area (Å²) in [7, 11) is 1.69. The molecule has 140 valence electrons. The third kappa shape index (κ3) is 3.85. The molecule has 0 saturated carbocycles. The van der Waals surface area contributed by atoms with Crippen molar-refractivity contribution >= 4 is 67.0 Å². The van der Waals surface area contributed by atoms with Gasteiger partial charge in [0.2, 0.25) is 0 Å². The number of carbonyl (C=O) groups excluding carboxylic acids is 1. The minimum atomic E-state index is -0.0880. The lowest BCUT2D eigenvalue weighted by atomic mass is 10.1. The molecule has 1 saturated heterocycles. The minimum absolute atomic E-state index is 0.0880. The van der Waals surface area contributed by atoms with Crippen LogP contribution >= 0.6 is 39.9 Å². The lowest BCUT2D eigenvalue weighted by Crippen LogP contribution is -2.22. The van der Waals surface area contributed by atoms with E-state index >= 15 is 0 Å². The summed E-state index contributed by atoms with van der Waals surface area (Å²) in [6.45, 7) is 0.443. The van der Waals surface area contributed by atoms with Gasteiger partial charge in [0.05, 0.1) is 4.91 Å². The average Bonchev–Trinajstić information content (AvgIpc) is 2.94. The van der Waals surface area contributed by atoms with Crippen molar-refractivity contribution < 1.29 is 9.53 Å². The molecule has 0 unspecified atom stereocenters. The summed E-state index contributed by atoms with van der Waals surface area (Å²) >= 11 is 10.0. The van der Waals surface area contributed by atoms with E-state index in [0.717, 1.165) is 21.3 Å². The maximum atomic E-state index is 12.3. The minimum Gasteiger partial charge on any atom is -0.488 e. The molecule has 0 radical (unpaired) electrons. The van der Waals surface area contributed by atoms with Gasteiger partial charge in [-0.15, -0.1) is 0 Å².